The number of benzene rings is 2. The molecule has 1 aromatic heterocycles. The number of alkyl halides is 3. The number of nitrogens with one attached hydrogen (secondary N) is 2. The van der Waals surface area contributed by atoms with E-state index in [-0.39, 0.29) is 21.8 Å². The van der Waals surface area contributed by atoms with Crippen LogP contribution in [0.15, 0.2) is 59.6 Å². The zero-order chi connectivity index (χ0) is 24.6. The molecule has 0 spiro atoms. The van der Waals surface area contributed by atoms with E-state index < -0.39 is 33.2 Å². The maximum Gasteiger partial charge on any atom is 0.416 e. The second-order valence-electron chi connectivity index (χ2n) is 8.44. The largest absolute Gasteiger partial charge is 0.416 e. The lowest BCUT2D eigenvalue weighted by molar-refractivity contribution is -0.137. The normalized spacial score (nSPS) is 12.6. The molecule has 0 aliphatic carbocycles. The molecule has 2 aromatic carbocycles. The Morgan fingerprint density at radius 2 is 1.70 bits per heavy atom. The second-order valence-corrected chi connectivity index (χ2v) is 10.1. The summed E-state index contributed by atoms with van der Waals surface area (Å²) in [7, 11) is -3.81. The summed E-state index contributed by atoms with van der Waals surface area (Å²) in [6.07, 6.45) is -3.27. The van der Waals surface area contributed by atoms with Gasteiger partial charge in [-0.25, -0.2) is 17.8 Å². The summed E-state index contributed by atoms with van der Waals surface area (Å²) in [6, 6.07) is 10.3. The molecule has 1 heterocycles. The van der Waals surface area contributed by atoms with E-state index >= 15 is 0 Å². The van der Waals surface area contributed by atoms with Crippen LogP contribution in [-0.4, -0.2) is 29.6 Å². The number of halogens is 3. The number of carbonyl (C=O) groups is 1. The van der Waals surface area contributed by atoms with Crippen LogP contribution in [0.1, 0.15) is 42.4 Å². The first kappa shape index (κ1) is 24.5. The fraction of sp³-hybridized carbons (Fsp3) is 0.273. The molecule has 0 radical (unpaired) electrons. The first-order valence-electron chi connectivity index (χ1n) is 9.85. The first-order chi connectivity index (χ1) is 15.2. The minimum absolute atomic E-state index is 0.0217. The van der Waals surface area contributed by atoms with Crippen molar-refractivity contribution < 1.29 is 26.4 Å². The van der Waals surface area contributed by atoms with E-state index in [1.807, 2.05) is 0 Å². The summed E-state index contributed by atoms with van der Waals surface area (Å²) in [5, 5.41) is 6.66. The molecule has 176 valence electrons. The van der Waals surface area contributed by atoms with Crippen molar-refractivity contribution in [2.24, 2.45) is 0 Å². The number of anilines is 1. The van der Waals surface area contributed by atoms with E-state index in [0.717, 1.165) is 12.1 Å². The van der Waals surface area contributed by atoms with Gasteiger partial charge in [0.1, 0.15) is 0 Å². The monoisotopic (exact) mass is 480 g/mol. The molecule has 2 N–H and O–H groups in total. The molecule has 0 saturated heterocycles. The fourth-order valence-corrected chi connectivity index (χ4v) is 4.57. The van der Waals surface area contributed by atoms with Crippen molar-refractivity contribution in [3.8, 4) is 5.69 Å². The molecule has 3 aromatic rings. The van der Waals surface area contributed by atoms with Crippen LogP contribution < -0.4 is 10.0 Å². The molecule has 3 rings (SSSR count). The van der Waals surface area contributed by atoms with Gasteiger partial charge in [0.2, 0.25) is 10.0 Å². The predicted molar refractivity (Wildman–Crippen MR) is 118 cm³/mol. The summed E-state index contributed by atoms with van der Waals surface area (Å²) < 4.78 is 68.0. The summed E-state index contributed by atoms with van der Waals surface area (Å²) in [4.78, 5) is 12.8. The molecule has 7 nitrogen and oxygen atoms in total. The molecule has 0 aliphatic rings. The van der Waals surface area contributed by atoms with Crippen molar-refractivity contribution in [3.63, 3.8) is 0 Å². The molecule has 0 saturated carbocycles. The van der Waals surface area contributed by atoms with E-state index in [9.17, 15) is 26.4 Å². The minimum atomic E-state index is -4.51. The van der Waals surface area contributed by atoms with E-state index in [2.05, 4.69) is 15.1 Å². The van der Waals surface area contributed by atoms with Crippen LogP contribution in [0.2, 0.25) is 0 Å². The maximum atomic E-state index is 13.0. The SMILES string of the molecule is Cc1c(C(=O)Nc2cccc(S(=O)(=O)NC(C)(C)C)c2)cnn1-c1cccc(C(F)(F)F)c1. The molecule has 0 aliphatic heterocycles. The zero-order valence-electron chi connectivity index (χ0n) is 18.4. The highest BCUT2D eigenvalue weighted by Crippen LogP contribution is 2.30. The molecule has 0 atom stereocenters. The highest BCUT2D eigenvalue weighted by atomic mass is 32.2. The highest BCUT2D eigenvalue weighted by molar-refractivity contribution is 7.89. The quantitative estimate of drug-likeness (QED) is 0.561. The Kier molecular flexibility index (Phi) is 6.40. The Morgan fingerprint density at radius 3 is 2.33 bits per heavy atom. The van der Waals surface area contributed by atoms with Crippen molar-refractivity contribution in [1.82, 2.24) is 14.5 Å². The Bertz CT molecular complexity index is 1290. The first-order valence-corrected chi connectivity index (χ1v) is 11.3. The maximum absolute atomic E-state index is 13.0. The lowest BCUT2D eigenvalue weighted by atomic mass is 10.1. The van der Waals surface area contributed by atoms with Crippen LogP contribution in [0.5, 0.6) is 0 Å². The van der Waals surface area contributed by atoms with Crippen LogP contribution in [0.3, 0.4) is 0 Å². The van der Waals surface area contributed by atoms with Crippen molar-refractivity contribution in [1.29, 1.82) is 0 Å². The molecular formula is C22H23F3N4O3S. The number of carbonyl (C=O) groups excluding carboxylic acids is 1. The second kappa shape index (κ2) is 8.64. The molecule has 0 unspecified atom stereocenters. The third kappa shape index (κ3) is 5.79. The number of rotatable bonds is 5. The topological polar surface area (TPSA) is 93.1 Å². The number of nitrogens with zero attached hydrogens (tertiary/aromatic N) is 2. The molecule has 0 fully saturated rings. The summed E-state index contributed by atoms with van der Waals surface area (Å²) in [6.45, 7) is 6.68. The Hall–Kier alpha value is -3.18. The van der Waals surface area contributed by atoms with Gasteiger partial charge >= 0.3 is 6.18 Å². The van der Waals surface area contributed by atoms with Crippen LogP contribution in [-0.2, 0) is 16.2 Å². The predicted octanol–water partition coefficient (Wildman–Crippen LogP) is 4.53. The summed E-state index contributed by atoms with van der Waals surface area (Å²) in [5.41, 5.74) is -0.667. The molecule has 0 bridgehead atoms. The number of hydrogen-bond acceptors (Lipinski definition) is 4. The number of amides is 1. The van der Waals surface area contributed by atoms with Gasteiger partial charge in [-0.3, -0.25) is 4.79 Å². The van der Waals surface area contributed by atoms with Crippen LogP contribution in [0.4, 0.5) is 18.9 Å². The zero-order valence-corrected chi connectivity index (χ0v) is 19.2. The third-order valence-electron chi connectivity index (χ3n) is 4.52. The third-order valence-corrected chi connectivity index (χ3v) is 6.27. The van der Waals surface area contributed by atoms with E-state index in [0.29, 0.717) is 5.69 Å². The van der Waals surface area contributed by atoms with Crippen molar-refractivity contribution in [2.75, 3.05) is 5.32 Å². The van der Waals surface area contributed by atoms with Crippen molar-refractivity contribution in [2.45, 2.75) is 44.3 Å². The minimum Gasteiger partial charge on any atom is -0.322 e. The van der Waals surface area contributed by atoms with Crippen LogP contribution >= 0.6 is 0 Å². The fourth-order valence-electron chi connectivity index (χ4n) is 3.11. The van der Waals surface area contributed by atoms with Gasteiger partial charge < -0.3 is 5.32 Å². The summed E-state index contributed by atoms with van der Waals surface area (Å²) >= 11 is 0. The van der Waals surface area contributed by atoms with E-state index in [4.69, 9.17) is 0 Å². The highest BCUT2D eigenvalue weighted by Gasteiger charge is 2.31. The average Bonchev–Trinajstić information content (AvgIpc) is 3.07. The lowest BCUT2D eigenvalue weighted by Gasteiger charge is -2.20. The van der Waals surface area contributed by atoms with Gasteiger partial charge in [-0.05, 0) is 64.1 Å². The van der Waals surface area contributed by atoms with Crippen LogP contribution in [0.25, 0.3) is 5.69 Å². The standard InChI is InChI=1S/C22H23F3N4O3S/c1-14-19(13-26-29(14)17-9-5-7-15(11-17)22(23,24)25)20(30)27-16-8-6-10-18(12-16)33(31,32)28-21(2,3)4/h5-13,28H,1-4H3,(H,27,30). The van der Waals surface area contributed by atoms with Gasteiger partial charge in [-0.2, -0.15) is 18.3 Å². The smallest absolute Gasteiger partial charge is 0.322 e. The van der Waals surface area contributed by atoms with Gasteiger partial charge in [0.05, 0.1) is 33.6 Å². The Morgan fingerprint density at radius 1 is 1.03 bits per heavy atom. The molecular weight excluding hydrogens is 457 g/mol. The number of hydrogen-bond donors (Lipinski definition) is 2. The van der Waals surface area contributed by atoms with Gasteiger partial charge in [-0.1, -0.05) is 12.1 Å². The Balaban J connectivity index is 1.85. The van der Waals surface area contributed by atoms with Gasteiger partial charge in [0, 0.05) is 11.2 Å². The summed E-state index contributed by atoms with van der Waals surface area (Å²) in [5.74, 6) is -0.580. The van der Waals surface area contributed by atoms with E-state index in [1.54, 1.807) is 27.7 Å². The lowest BCUT2D eigenvalue weighted by Crippen LogP contribution is -2.40. The van der Waals surface area contributed by atoms with Gasteiger partial charge in [0.25, 0.3) is 5.91 Å². The molecule has 1 amide bonds. The molecule has 11 heteroatoms. The number of sulfonamides is 1. The number of aromatic nitrogens is 2. The van der Waals surface area contributed by atoms with Crippen LogP contribution in [0, 0.1) is 6.92 Å². The van der Waals surface area contributed by atoms with Crippen molar-refractivity contribution in [3.05, 3.63) is 71.5 Å². The van der Waals surface area contributed by atoms with E-state index in [1.165, 1.54) is 47.3 Å². The van der Waals surface area contributed by atoms with Gasteiger partial charge in [-0.15, -0.1) is 0 Å². The molecule has 33 heavy (non-hydrogen) atoms. The average molecular weight is 481 g/mol. The van der Waals surface area contributed by atoms with Crippen molar-refractivity contribution >= 4 is 21.6 Å². The van der Waals surface area contributed by atoms with Gasteiger partial charge in [0.15, 0.2) is 0 Å². The Labute approximate surface area is 189 Å².